The number of carbonyl (C=O) groups excluding carboxylic acids is 2. The van der Waals surface area contributed by atoms with Gasteiger partial charge in [0.1, 0.15) is 11.6 Å². The molecule has 0 aliphatic heterocycles. The topological polar surface area (TPSA) is 125 Å². The fraction of sp³-hybridized carbons (Fsp3) is 0.350. The number of para-hydroxylation sites is 1. The highest BCUT2D eigenvalue weighted by molar-refractivity contribution is 6.09. The molecule has 9 heteroatoms. The Morgan fingerprint density at radius 2 is 1.76 bits per heavy atom. The number of hydrogen-bond acceptors (Lipinski definition) is 7. The Labute approximate surface area is 169 Å². The largest absolute Gasteiger partial charge is 0.495 e. The zero-order valence-electron chi connectivity index (χ0n) is 16.3. The lowest BCUT2D eigenvalue weighted by Gasteiger charge is -2.11. The smallest absolute Gasteiger partial charge is 0.258 e. The van der Waals surface area contributed by atoms with E-state index in [1.807, 2.05) is 0 Å². The van der Waals surface area contributed by atoms with Crippen molar-refractivity contribution < 1.29 is 23.8 Å². The highest BCUT2D eigenvalue weighted by Crippen LogP contribution is 2.18. The van der Waals surface area contributed by atoms with Crippen molar-refractivity contribution >= 4 is 23.3 Å². The lowest BCUT2D eigenvalue weighted by atomic mass is 10.1. The molecule has 0 radical (unpaired) electrons. The maximum Gasteiger partial charge on any atom is 0.258 e. The molecule has 4 N–H and O–H groups in total. The summed E-state index contributed by atoms with van der Waals surface area (Å²) in [4.78, 5) is 28.8. The minimum atomic E-state index is -0.383. The van der Waals surface area contributed by atoms with E-state index in [-0.39, 0.29) is 24.8 Å². The molecule has 2 amide bonds. The zero-order chi connectivity index (χ0) is 20.9. The Balaban J connectivity index is 1.85. The first-order valence-electron chi connectivity index (χ1n) is 9.20. The monoisotopic (exact) mass is 402 g/mol. The Hall–Kier alpha value is -3.01. The van der Waals surface area contributed by atoms with Gasteiger partial charge < -0.3 is 30.6 Å². The van der Waals surface area contributed by atoms with Gasteiger partial charge >= 0.3 is 0 Å². The van der Waals surface area contributed by atoms with Crippen LogP contribution in [0.1, 0.15) is 16.8 Å². The molecule has 2 rings (SSSR count). The van der Waals surface area contributed by atoms with E-state index in [1.165, 1.54) is 13.3 Å². The summed E-state index contributed by atoms with van der Waals surface area (Å²) in [5.41, 5.74) is 6.06. The number of pyridine rings is 1. The van der Waals surface area contributed by atoms with Gasteiger partial charge in [0.2, 0.25) is 5.91 Å². The van der Waals surface area contributed by atoms with Gasteiger partial charge in [0.15, 0.2) is 0 Å². The van der Waals surface area contributed by atoms with Crippen LogP contribution in [-0.4, -0.2) is 56.9 Å². The van der Waals surface area contributed by atoms with Crippen LogP contribution in [-0.2, 0) is 14.3 Å². The molecule has 1 aromatic heterocycles. The fourth-order valence-electron chi connectivity index (χ4n) is 2.33. The van der Waals surface area contributed by atoms with Crippen LogP contribution < -0.4 is 21.1 Å². The van der Waals surface area contributed by atoms with Crippen molar-refractivity contribution in [3.8, 4) is 5.75 Å². The lowest BCUT2D eigenvalue weighted by molar-refractivity contribution is -0.117. The van der Waals surface area contributed by atoms with Crippen LogP contribution in [0.15, 0.2) is 42.6 Å². The van der Waals surface area contributed by atoms with Crippen LogP contribution >= 0.6 is 0 Å². The third kappa shape index (κ3) is 7.86. The van der Waals surface area contributed by atoms with E-state index in [9.17, 15) is 9.59 Å². The molecule has 9 nitrogen and oxygen atoms in total. The molecule has 0 bridgehead atoms. The van der Waals surface area contributed by atoms with E-state index in [0.717, 1.165) is 0 Å². The number of ether oxygens (including phenoxy) is 3. The standard InChI is InChI=1S/C20H26N4O5/c1-27-15-6-7-18(22-14-15)24-20(26)16-4-2-3-5-17(16)23-19(25)8-10-28-12-13-29-11-9-21/h2-7,14H,8-13,21H2,1H3,(H,23,25)(H,22,24,26). The predicted octanol–water partition coefficient (Wildman–Crippen LogP) is 1.66. The van der Waals surface area contributed by atoms with E-state index < -0.39 is 0 Å². The minimum Gasteiger partial charge on any atom is -0.495 e. The van der Waals surface area contributed by atoms with Gasteiger partial charge in [-0.2, -0.15) is 0 Å². The van der Waals surface area contributed by atoms with E-state index in [2.05, 4.69) is 15.6 Å². The molecule has 0 saturated carbocycles. The Morgan fingerprint density at radius 3 is 2.45 bits per heavy atom. The molecule has 2 aromatic rings. The van der Waals surface area contributed by atoms with Crippen molar-refractivity contribution in [3.05, 3.63) is 48.2 Å². The number of amides is 2. The summed E-state index contributed by atoms with van der Waals surface area (Å²) in [6, 6.07) is 10.1. The SMILES string of the molecule is COc1ccc(NC(=O)c2ccccc2NC(=O)CCOCCOCCN)nc1. The molecule has 0 fully saturated rings. The zero-order valence-corrected chi connectivity index (χ0v) is 16.3. The Bertz CT molecular complexity index is 783. The summed E-state index contributed by atoms with van der Waals surface area (Å²) < 4.78 is 15.6. The average Bonchev–Trinajstić information content (AvgIpc) is 2.74. The van der Waals surface area contributed by atoms with Gasteiger partial charge in [-0.3, -0.25) is 9.59 Å². The molecule has 0 aliphatic rings. The van der Waals surface area contributed by atoms with Gasteiger partial charge in [0, 0.05) is 6.54 Å². The van der Waals surface area contributed by atoms with Gasteiger partial charge in [0.25, 0.3) is 5.91 Å². The molecule has 0 saturated heterocycles. The van der Waals surface area contributed by atoms with Gasteiger partial charge in [-0.05, 0) is 24.3 Å². The highest BCUT2D eigenvalue weighted by Gasteiger charge is 2.14. The molecular formula is C20H26N4O5. The summed E-state index contributed by atoms with van der Waals surface area (Å²) >= 11 is 0. The van der Waals surface area contributed by atoms with Crippen molar-refractivity contribution in [1.82, 2.24) is 4.98 Å². The number of anilines is 2. The third-order valence-electron chi connectivity index (χ3n) is 3.77. The van der Waals surface area contributed by atoms with Crippen molar-refractivity contribution in [2.75, 3.05) is 50.7 Å². The quantitative estimate of drug-likeness (QED) is 0.461. The van der Waals surface area contributed by atoms with Crippen LogP contribution in [0.2, 0.25) is 0 Å². The van der Waals surface area contributed by atoms with Crippen LogP contribution in [0, 0.1) is 0 Å². The summed E-state index contributed by atoms with van der Waals surface area (Å²) in [6.45, 7) is 2.02. The first kappa shape index (κ1) is 22.3. The lowest BCUT2D eigenvalue weighted by Crippen LogP contribution is -2.20. The van der Waals surface area contributed by atoms with Crippen LogP contribution in [0.3, 0.4) is 0 Å². The highest BCUT2D eigenvalue weighted by atomic mass is 16.5. The van der Waals surface area contributed by atoms with E-state index in [4.69, 9.17) is 19.9 Å². The number of methoxy groups -OCH3 is 1. The molecule has 29 heavy (non-hydrogen) atoms. The number of nitrogens with zero attached hydrogens (tertiary/aromatic N) is 1. The number of nitrogens with two attached hydrogens (primary N) is 1. The molecule has 1 heterocycles. The van der Waals surface area contributed by atoms with Crippen LogP contribution in [0.4, 0.5) is 11.5 Å². The number of aromatic nitrogens is 1. The molecule has 1 aromatic carbocycles. The fourth-order valence-corrected chi connectivity index (χ4v) is 2.33. The number of benzene rings is 1. The molecular weight excluding hydrogens is 376 g/mol. The van der Waals surface area contributed by atoms with Crippen LogP contribution in [0.25, 0.3) is 0 Å². The minimum absolute atomic E-state index is 0.160. The van der Waals surface area contributed by atoms with Gasteiger partial charge in [-0.15, -0.1) is 0 Å². The Morgan fingerprint density at radius 1 is 1.00 bits per heavy atom. The summed E-state index contributed by atoms with van der Waals surface area (Å²) in [6.07, 6.45) is 1.66. The predicted molar refractivity (Wildman–Crippen MR) is 109 cm³/mol. The maximum atomic E-state index is 12.6. The van der Waals surface area contributed by atoms with Crippen molar-refractivity contribution in [3.63, 3.8) is 0 Å². The molecule has 0 atom stereocenters. The molecule has 0 spiro atoms. The first-order valence-corrected chi connectivity index (χ1v) is 9.20. The Kier molecular flexibility index (Phi) is 9.56. The van der Waals surface area contributed by atoms with E-state index in [0.29, 0.717) is 49.2 Å². The van der Waals surface area contributed by atoms with Gasteiger partial charge in [-0.25, -0.2) is 4.98 Å². The normalized spacial score (nSPS) is 10.4. The number of rotatable bonds is 12. The van der Waals surface area contributed by atoms with Crippen molar-refractivity contribution in [2.24, 2.45) is 5.73 Å². The summed E-state index contributed by atoms with van der Waals surface area (Å²) in [5.74, 6) is 0.327. The molecule has 0 unspecified atom stereocenters. The third-order valence-corrected chi connectivity index (χ3v) is 3.77. The van der Waals surface area contributed by atoms with Crippen molar-refractivity contribution in [2.45, 2.75) is 6.42 Å². The summed E-state index contributed by atoms with van der Waals surface area (Å²) in [7, 11) is 1.54. The number of nitrogens with one attached hydrogen (secondary N) is 2. The van der Waals surface area contributed by atoms with E-state index >= 15 is 0 Å². The second-order valence-corrected chi connectivity index (χ2v) is 5.89. The maximum absolute atomic E-state index is 12.6. The summed E-state index contributed by atoms with van der Waals surface area (Å²) in [5, 5.41) is 5.43. The van der Waals surface area contributed by atoms with Crippen molar-refractivity contribution in [1.29, 1.82) is 0 Å². The average molecular weight is 402 g/mol. The van der Waals surface area contributed by atoms with Crippen LogP contribution in [0.5, 0.6) is 5.75 Å². The number of carbonyl (C=O) groups is 2. The molecule has 0 aliphatic carbocycles. The first-order chi connectivity index (χ1) is 14.1. The van der Waals surface area contributed by atoms with E-state index in [1.54, 1.807) is 36.4 Å². The van der Waals surface area contributed by atoms with Gasteiger partial charge in [-0.1, -0.05) is 12.1 Å². The number of hydrogen-bond donors (Lipinski definition) is 3. The second kappa shape index (κ2) is 12.4. The molecule has 156 valence electrons. The van der Waals surface area contributed by atoms with Gasteiger partial charge in [0.05, 0.1) is 57.4 Å². The second-order valence-electron chi connectivity index (χ2n) is 5.89.